The number of primary amides is 1. The lowest BCUT2D eigenvalue weighted by Crippen LogP contribution is -2.42. The van der Waals surface area contributed by atoms with Crippen molar-refractivity contribution in [3.8, 4) is 0 Å². The van der Waals surface area contributed by atoms with Gasteiger partial charge in [0.25, 0.3) is 5.91 Å². The van der Waals surface area contributed by atoms with Gasteiger partial charge in [-0.3, -0.25) is 9.59 Å². The molecule has 0 aliphatic rings. The molecule has 2 aromatic carbocycles. The quantitative estimate of drug-likeness (QED) is 0.806. The minimum absolute atomic E-state index is 0.330. The first kappa shape index (κ1) is 13.0. The van der Waals surface area contributed by atoms with Crippen LogP contribution in [0.5, 0.6) is 0 Å². The first-order valence-electron chi connectivity index (χ1n) is 5.72. The Bertz CT molecular complexity index is 593. The second-order valence-electron chi connectivity index (χ2n) is 4.18. The molecule has 1 atom stereocenters. The third kappa shape index (κ3) is 2.26. The Hall–Kier alpha value is -2.46. The van der Waals surface area contributed by atoms with E-state index in [0.717, 1.165) is 0 Å². The molecule has 1 amide bonds. The van der Waals surface area contributed by atoms with Crippen molar-refractivity contribution >= 4 is 12.2 Å². The Morgan fingerprint density at radius 1 is 1.00 bits per heavy atom. The summed E-state index contributed by atoms with van der Waals surface area (Å²) in [7, 11) is 0. The van der Waals surface area contributed by atoms with Crippen LogP contribution in [0, 0.1) is 0 Å². The lowest BCUT2D eigenvalue weighted by atomic mass is 9.85. The molecule has 0 aliphatic carbocycles. The van der Waals surface area contributed by atoms with Crippen molar-refractivity contribution in [2.75, 3.05) is 0 Å². The summed E-state index contributed by atoms with van der Waals surface area (Å²) in [5, 5.41) is 10.6. The summed E-state index contributed by atoms with van der Waals surface area (Å²) < 4.78 is 0. The second kappa shape index (κ2) is 5.04. The van der Waals surface area contributed by atoms with Gasteiger partial charge in [0.15, 0.2) is 5.60 Å². The highest BCUT2D eigenvalue weighted by molar-refractivity contribution is 5.89. The standard InChI is InChI=1S/C15H13NO3/c16-14(18)15(19,12-4-2-1-3-5-12)13-8-6-11(10-17)7-9-13/h1-10,19H,(H2,16,18). The molecule has 0 aliphatic heterocycles. The van der Waals surface area contributed by atoms with Crippen molar-refractivity contribution in [3.63, 3.8) is 0 Å². The van der Waals surface area contributed by atoms with E-state index in [1.54, 1.807) is 30.3 Å². The van der Waals surface area contributed by atoms with Crippen molar-refractivity contribution < 1.29 is 14.7 Å². The maximum Gasteiger partial charge on any atom is 0.258 e. The summed E-state index contributed by atoms with van der Waals surface area (Å²) >= 11 is 0. The fourth-order valence-corrected chi connectivity index (χ4v) is 1.93. The minimum Gasteiger partial charge on any atom is -0.372 e. The molecular formula is C15H13NO3. The summed E-state index contributed by atoms with van der Waals surface area (Å²) in [6.07, 6.45) is 0.690. The molecule has 2 rings (SSSR count). The number of rotatable bonds is 4. The van der Waals surface area contributed by atoms with Crippen LogP contribution in [0.15, 0.2) is 54.6 Å². The smallest absolute Gasteiger partial charge is 0.258 e. The monoisotopic (exact) mass is 255 g/mol. The van der Waals surface area contributed by atoms with E-state index in [0.29, 0.717) is 23.0 Å². The van der Waals surface area contributed by atoms with Gasteiger partial charge < -0.3 is 10.8 Å². The fraction of sp³-hybridized carbons (Fsp3) is 0.0667. The van der Waals surface area contributed by atoms with Crippen LogP contribution in [0.4, 0.5) is 0 Å². The summed E-state index contributed by atoms with van der Waals surface area (Å²) in [6.45, 7) is 0. The van der Waals surface area contributed by atoms with Gasteiger partial charge in [0.2, 0.25) is 0 Å². The van der Waals surface area contributed by atoms with Gasteiger partial charge in [-0.15, -0.1) is 0 Å². The normalized spacial score (nSPS) is 13.5. The highest BCUT2D eigenvalue weighted by Crippen LogP contribution is 2.29. The van der Waals surface area contributed by atoms with Gasteiger partial charge >= 0.3 is 0 Å². The van der Waals surface area contributed by atoms with Gasteiger partial charge in [0.1, 0.15) is 6.29 Å². The molecule has 0 radical (unpaired) electrons. The Morgan fingerprint density at radius 2 is 1.53 bits per heavy atom. The van der Waals surface area contributed by atoms with Crippen LogP contribution >= 0.6 is 0 Å². The van der Waals surface area contributed by atoms with E-state index in [1.807, 2.05) is 0 Å². The minimum atomic E-state index is -1.90. The topological polar surface area (TPSA) is 80.4 Å². The largest absolute Gasteiger partial charge is 0.372 e. The van der Waals surface area contributed by atoms with Crippen molar-refractivity contribution in [3.05, 3.63) is 71.3 Å². The third-order valence-electron chi connectivity index (χ3n) is 3.01. The number of carbonyl (C=O) groups excluding carboxylic acids is 2. The van der Waals surface area contributed by atoms with Crippen molar-refractivity contribution in [1.82, 2.24) is 0 Å². The van der Waals surface area contributed by atoms with E-state index >= 15 is 0 Å². The van der Waals surface area contributed by atoms with Gasteiger partial charge in [0.05, 0.1) is 0 Å². The molecule has 3 N–H and O–H groups in total. The van der Waals surface area contributed by atoms with Crippen molar-refractivity contribution in [2.24, 2.45) is 5.73 Å². The Kier molecular flexibility index (Phi) is 3.44. The van der Waals surface area contributed by atoms with Gasteiger partial charge in [-0.05, 0) is 11.1 Å². The summed E-state index contributed by atoms with van der Waals surface area (Å²) in [5.41, 5.74) is 4.63. The number of nitrogens with two attached hydrogens (primary N) is 1. The van der Waals surface area contributed by atoms with E-state index in [1.165, 1.54) is 24.3 Å². The Balaban J connectivity index is 2.56. The van der Waals surface area contributed by atoms with Crippen LogP contribution in [-0.4, -0.2) is 17.3 Å². The molecule has 4 nitrogen and oxygen atoms in total. The average Bonchev–Trinajstić information content (AvgIpc) is 2.47. The van der Waals surface area contributed by atoms with Gasteiger partial charge in [-0.2, -0.15) is 0 Å². The molecular weight excluding hydrogens is 242 g/mol. The molecule has 0 fully saturated rings. The van der Waals surface area contributed by atoms with Crippen molar-refractivity contribution in [2.45, 2.75) is 5.60 Å². The number of benzene rings is 2. The molecule has 2 aromatic rings. The molecule has 19 heavy (non-hydrogen) atoms. The van der Waals surface area contributed by atoms with E-state index in [4.69, 9.17) is 5.73 Å². The zero-order valence-electron chi connectivity index (χ0n) is 10.1. The number of amides is 1. The molecule has 0 bridgehead atoms. The van der Waals surface area contributed by atoms with Crippen LogP contribution in [0.3, 0.4) is 0 Å². The predicted molar refractivity (Wildman–Crippen MR) is 70.5 cm³/mol. The van der Waals surface area contributed by atoms with E-state index in [2.05, 4.69) is 0 Å². The van der Waals surface area contributed by atoms with Crippen LogP contribution in [0.25, 0.3) is 0 Å². The number of carbonyl (C=O) groups is 2. The fourth-order valence-electron chi connectivity index (χ4n) is 1.93. The van der Waals surface area contributed by atoms with Crippen LogP contribution in [-0.2, 0) is 10.4 Å². The highest BCUT2D eigenvalue weighted by Gasteiger charge is 2.37. The number of hydrogen-bond donors (Lipinski definition) is 2. The summed E-state index contributed by atoms with van der Waals surface area (Å²) in [6, 6.07) is 14.5. The molecule has 0 spiro atoms. The number of hydrogen-bond acceptors (Lipinski definition) is 3. The highest BCUT2D eigenvalue weighted by atomic mass is 16.3. The van der Waals surface area contributed by atoms with E-state index < -0.39 is 11.5 Å². The lowest BCUT2D eigenvalue weighted by molar-refractivity contribution is -0.133. The molecule has 0 aromatic heterocycles. The molecule has 0 saturated carbocycles. The Morgan fingerprint density at radius 3 is 2.00 bits per heavy atom. The molecule has 0 heterocycles. The first-order chi connectivity index (χ1) is 9.09. The maximum absolute atomic E-state index is 11.7. The maximum atomic E-state index is 11.7. The summed E-state index contributed by atoms with van der Waals surface area (Å²) in [5.74, 6) is -0.863. The van der Waals surface area contributed by atoms with E-state index in [-0.39, 0.29) is 0 Å². The first-order valence-corrected chi connectivity index (χ1v) is 5.72. The Labute approximate surface area is 110 Å². The number of aldehydes is 1. The summed E-state index contributed by atoms with van der Waals surface area (Å²) in [4.78, 5) is 22.3. The van der Waals surface area contributed by atoms with Gasteiger partial charge in [-0.25, -0.2) is 0 Å². The molecule has 0 saturated heterocycles. The number of aliphatic hydroxyl groups is 1. The second-order valence-corrected chi connectivity index (χ2v) is 4.18. The zero-order valence-corrected chi connectivity index (χ0v) is 10.1. The van der Waals surface area contributed by atoms with Crippen molar-refractivity contribution in [1.29, 1.82) is 0 Å². The lowest BCUT2D eigenvalue weighted by Gasteiger charge is -2.25. The van der Waals surface area contributed by atoms with E-state index in [9.17, 15) is 14.7 Å². The SMILES string of the molecule is NC(=O)C(O)(c1ccccc1)c1ccc(C=O)cc1. The average molecular weight is 255 g/mol. The third-order valence-corrected chi connectivity index (χ3v) is 3.01. The molecule has 4 heteroatoms. The molecule has 1 unspecified atom stereocenters. The van der Waals surface area contributed by atoms with Crippen LogP contribution < -0.4 is 5.73 Å². The predicted octanol–water partition coefficient (Wildman–Crippen LogP) is 1.22. The van der Waals surface area contributed by atoms with Gasteiger partial charge in [-0.1, -0.05) is 54.6 Å². The van der Waals surface area contributed by atoms with Crippen LogP contribution in [0.1, 0.15) is 21.5 Å². The zero-order chi connectivity index (χ0) is 13.9. The van der Waals surface area contributed by atoms with Gasteiger partial charge in [0, 0.05) is 5.56 Å². The van der Waals surface area contributed by atoms with Crippen LogP contribution in [0.2, 0.25) is 0 Å². The molecule has 96 valence electrons.